The lowest BCUT2D eigenvalue weighted by Gasteiger charge is -2.18. The number of unbranched alkanes of at least 4 members (excludes halogenated alkanes) is 36. The van der Waals surface area contributed by atoms with Gasteiger partial charge in [-0.1, -0.05) is 300 Å². The lowest BCUT2D eigenvalue weighted by atomic mass is 10.0. The highest BCUT2D eigenvalue weighted by atomic mass is 16.6. The van der Waals surface area contributed by atoms with Gasteiger partial charge >= 0.3 is 17.9 Å². The van der Waals surface area contributed by atoms with Gasteiger partial charge in [0, 0.05) is 19.3 Å². The first-order valence-electron chi connectivity index (χ1n) is 31.3. The lowest BCUT2D eigenvalue weighted by Crippen LogP contribution is -2.30. The van der Waals surface area contributed by atoms with Crippen LogP contribution in [-0.4, -0.2) is 37.2 Å². The third-order valence-corrected chi connectivity index (χ3v) is 13.8. The van der Waals surface area contributed by atoms with E-state index in [1.807, 2.05) is 0 Å². The number of allylic oxidation sites excluding steroid dienone is 10. The Kier molecular flexibility index (Phi) is 58.2. The Morgan fingerprint density at radius 1 is 0.292 bits per heavy atom. The molecule has 1 unspecified atom stereocenters. The summed E-state index contributed by atoms with van der Waals surface area (Å²) < 4.78 is 16.8. The maximum Gasteiger partial charge on any atom is 0.306 e. The normalized spacial score (nSPS) is 12.4. The molecule has 0 fully saturated rings. The number of rotatable bonds is 57. The van der Waals surface area contributed by atoms with E-state index >= 15 is 0 Å². The molecule has 0 saturated carbocycles. The van der Waals surface area contributed by atoms with Gasteiger partial charge in [0.2, 0.25) is 0 Å². The first-order chi connectivity index (χ1) is 35.5. The third-order valence-electron chi connectivity index (χ3n) is 13.8. The molecule has 0 aromatic heterocycles. The van der Waals surface area contributed by atoms with Gasteiger partial charge in [0.25, 0.3) is 0 Å². The summed E-state index contributed by atoms with van der Waals surface area (Å²) in [6, 6.07) is 0. The Labute approximate surface area is 447 Å². The van der Waals surface area contributed by atoms with Crippen molar-refractivity contribution in [3.63, 3.8) is 0 Å². The van der Waals surface area contributed by atoms with Crippen molar-refractivity contribution in [2.75, 3.05) is 13.2 Å². The van der Waals surface area contributed by atoms with Crippen LogP contribution in [0, 0.1) is 0 Å². The van der Waals surface area contributed by atoms with Crippen LogP contribution >= 0.6 is 0 Å². The number of hydrogen-bond acceptors (Lipinski definition) is 6. The fourth-order valence-corrected chi connectivity index (χ4v) is 9.12. The largest absolute Gasteiger partial charge is 0.462 e. The van der Waals surface area contributed by atoms with Gasteiger partial charge in [-0.2, -0.15) is 0 Å². The van der Waals surface area contributed by atoms with Crippen LogP contribution in [0.2, 0.25) is 0 Å². The molecule has 0 aliphatic rings. The summed E-state index contributed by atoms with van der Waals surface area (Å²) in [6.07, 6.45) is 76.9. The van der Waals surface area contributed by atoms with Gasteiger partial charge in [0.1, 0.15) is 13.2 Å². The Hall–Kier alpha value is -2.89. The quantitative estimate of drug-likeness (QED) is 0.0261. The van der Waals surface area contributed by atoms with Gasteiger partial charge in [0.05, 0.1) is 0 Å². The smallest absolute Gasteiger partial charge is 0.306 e. The Morgan fingerprint density at radius 2 is 0.542 bits per heavy atom. The maximum absolute atomic E-state index is 12.8. The van der Waals surface area contributed by atoms with E-state index in [4.69, 9.17) is 14.2 Å². The summed E-state index contributed by atoms with van der Waals surface area (Å²) in [4.78, 5) is 37.9. The van der Waals surface area contributed by atoms with Crippen LogP contribution in [0.5, 0.6) is 0 Å². The van der Waals surface area contributed by atoms with Crippen LogP contribution < -0.4 is 0 Å². The number of ether oxygens (including phenoxy) is 3. The van der Waals surface area contributed by atoms with Gasteiger partial charge in [-0.05, 0) is 64.2 Å². The van der Waals surface area contributed by atoms with Crippen LogP contribution in [0.3, 0.4) is 0 Å². The first-order valence-corrected chi connectivity index (χ1v) is 31.3. The third kappa shape index (κ3) is 58.0. The summed E-state index contributed by atoms with van der Waals surface area (Å²) in [5.41, 5.74) is 0. The molecule has 0 aliphatic heterocycles. The van der Waals surface area contributed by atoms with Crippen LogP contribution in [0.25, 0.3) is 0 Å². The Balaban J connectivity index is 3.92. The lowest BCUT2D eigenvalue weighted by molar-refractivity contribution is -0.167. The zero-order valence-electron chi connectivity index (χ0n) is 47.9. The highest BCUT2D eigenvalue weighted by Gasteiger charge is 2.19. The molecule has 0 amide bonds. The number of hydrogen-bond donors (Lipinski definition) is 0. The highest BCUT2D eigenvalue weighted by Crippen LogP contribution is 2.17. The first kappa shape index (κ1) is 69.1. The van der Waals surface area contributed by atoms with Gasteiger partial charge in [0.15, 0.2) is 6.10 Å². The topological polar surface area (TPSA) is 78.9 Å². The molecular formula is C66H118O6. The van der Waals surface area contributed by atoms with Crippen molar-refractivity contribution < 1.29 is 28.6 Å². The fourth-order valence-electron chi connectivity index (χ4n) is 9.12. The monoisotopic (exact) mass is 1010 g/mol. The summed E-state index contributed by atoms with van der Waals surface area (Å²) in [5.74, 6) is -0.856. The minimum absolute atomic E-state index is 0.0673. The zero-order chi connectivity index (χ0) is 52.2. The second-order valence-electron chi connectivity index (χ2n) is 21.0. The van der Waals surface area contributed by atoms with Crippen molar-refractivity contribution in [3.8, 4) is 0 Å². The zero-order valence-corrected chi connectivity index (χ0v) is 47.9. The molecule has 0 radical (unpaired) electrons. The molecule has 0 N–H and O–H groups in total. The van der Waals surface area contributed by atoms with E-state index in [-0.39, 0.29) is 31.1 Å². The Bertz CT molecular complexity index is 1290. The molecule has 1 atom stereocenters. The number of esters is 3. The molecular weight excluding hydrogens is 889 g/mol. The molecule has 0 aliphatic carbocycles. The van der Waals surface area contributed by atoms with E-state index in [0.29, 0.717) is 19.3 Å². The Morgan fingerprint density at radius 3 is 0.847 bits per heavy atom. The van der Waals surface area contributed by atoms with Crippen LogP contribution in [-0.2, 0) is 28.6 Å². The number of carbonyl (C=O) groups is 3. The molecule has 0 aromatic rings. The van der Waals surface area contributed by atoms with Gasteiger partial charge in [-0.15, -0.1) is 0 Å². The summed E-state index contributed by atoms with van der Waals surface area (Å²) in [7, 11) is 0. The summed E-state index contributed by atoms with van der Waals surface area (Å²) >= 11 is 0. The molecule has 0 rings (SSSR count). The predicted octanol–water partition coefficient (Wildman–Crippen LogP) is 21.2. The molecule has 0 spiro atoms. The molecule has 0 bridgehead atoms. The van der Waals surface area contributed by atoms with E-state index in [9.17, 15) is 14.4 Å². The maximum atomic E-state index is 12.8. The summed E-state index contributed by atoms with van der Waals surface area (Å²) in [5, 5.41) is 0. The molecule has 418 valence electrons. The second kappa shape index (κ2) is 60.7. The highest BCUT2D eigenvalue weighted by molar-refractivity contribution is 5.71. The number of carbonyl (C=O) groups excluding carboxylic acids is 3. The minimum Gasteiger partial charge on any atom is -0.462 e. The molecule has 0 saturated heterocycles. The van der Waals surface area contributed by atoms with Crippen LogP contribution in [0.1, 0.15) is 323 Å². The van der Waals surface area contributed by atoms with Crippen molar-refractivity contribution in [2.45, 2.75) is 329 Å². The van der Waals surface area contributed by atoms with Crippen molar-refractivity contribution in [1.29, 1.82) is 0 Å². The van der Waals surface area contributed by atoms with Crippen molar-refractivity contribution in [3.05, 3.63) is 60.8 Å². The van der Waals surface area contributed by atoms with E-state index in [0.717, 1.165) is 89.9 Å². The molecule has 0 heterocycles. The standard InChI is InChI=1S/C66H118O6/c1-4-7-10-13-16-19-21-22-23-24-25-26-27-28-29-30-31-32-33-34-35-36-37-38-39-40-41-42-43-44-46-47-50-53-56-59-65(68)71-62-63(61-70-64(67)58-55-52-49-18-15-12-9-6-3)72-66(69)60-57-54-51-48-45-20-17-14-11-8-5-2/h7,10,16,19,22-23,25-26,28-29,63H,4-6,8-9,11-15,17-18,20-21,24,27,30-62H2,1-3H3/b10-7-,19-16-,23-22-,26-25-,29-28-. The van der Waals surface area contributed by atoms with E-state index < -0.39 is 6.10 Å². The SMILES string of the molecule is CC/C=C\C/C=C\C/C=C\C/C=C\C/C=C\CCCCCCCCCCCCCCCCCCCCCC(=O)OCC(COC(=O)CCCCCCCCCC)OC(=O)CCCCCCCCCCCCC. The van der Waals surface area contributed by atoms with Crippen LogP contribution in [0.4, 0.5) is 0 Å². The fraction of sp³-hybridized carbons (Fsp3) is 0.803. The average molecular weight is 1010 g/mol. The van der Waals surface area contributed by atoms with Gasteiger partial charge < -0.3 is 14.2 Å². The minimum atomic E-state index is -0.765. The molecule has 72 heavy (non-hydrogen) atoms. The van der Waals surface area contributed by atoms with Gasteiger partial charge in [-0.25, -0.2) is 0 Å². The van der Waals surface area contributed by atoms with E-state index in [1.54, 1.807) is 0 Å². The average Bonchev–Trinajstić information content (AvgIpc) is 3.38. The molecule has 6 heteroatoms. The van der Waals surface area contributed by atoms with Crippen molar-refractivity contribution >= 4 is 17.9 Å². The molecule has 0 aromatic carbocycles. The van der Waals surface area contributed by atoms with Crippen molar-refractivity contribution in [2.24, 2.45) is 0 Å². The summed E-state index contributed by atoms with van der Waals surface area (Å²) in [6.45, 7) is 6.52. The predicted molar refractivity (Wildman–Crippen MR) is 312 cm³/mol. The van der Waals surface area contributed by atoms with E-state index in [2.05, 4.69) is 81.5 Å². The van der Waals surface area contributed by atoms with Crippen molar-refractivity contribution in [1.82, 2.24) is 0 Å². The van der Waals surface area contributed by atoms with Gasteiger partial charge in [-0.3, -0.25) is 14.4 Å². The van der Waals surface area contributed by atoms with E-state index in [1.165, 1.54) is 193 Å². The second-order valence-corrected chi connectivity index (χ2v) is 21.0. The molecule has 6 nitrogen and oxygen atoms in total. The van der Waals surface area contributed by atoms with Crippen LogP contribution in [0.15, 0.2) is 60.8 Å².